The van der Waals surface area contributed by atoms with Crippen LogP contribution in [0.3, 0.4) is 0 Å². The van der Waals surface area contributed by atoms with E-state index < -0.39 is 23.8 Å². The van der Waals surface area contributed by atoms with Gasteiger partial charge < -0.3 is 10.0 Å². The second kappa shape index (κ2) is 11.1. The maximum absolute atomic E-state index is 13.9. The van der Waals surface area contributed by atoms with Gasteiger partial charge in [0.05, 0.1) is 6.54 Å². The molecule has 0 spiro atoms. The molecule has 1 saturated carbocycles. The highest BCUT2D eigenvalue weighted by atomic mass is 19.1. The van der Waals surface area contributed by atoms with Gasteiger partial charge in [-0.25, -0.2) is 9.18 Å². The number of carbonyl (C=O) groups excluding carboxylic acids is 1. The van der Waals surface area contributed by atoms with Crippen molar-refractivity contribution in [2.75, 3.05) is 20.1 Å². The summed E-state index contributed by atoms with van der Waals surface area (Å²) in [5, 5.41) is 10.1. The average molecular weight is 476 g/mol. The van der Waals surface area contributed by atoms with Crippen LogP contribution in [0, 0.1) is 11.8 Å². The first kappa shape index (κ1) is 26.5. The molecule has 1 aliphatic heterocycles. The number of likely N-dealkylation sites (tertiary alicyclic amines) is 1. The standard InChI is InChI=1S/C27H42FN3O3/c1-19(21-11-13-23(14-12-21)29(5)17-20-9-7-6-8-10-20)24(31(26(33)34)27(2,3)4)25(32)30-16-15-22(28)18-30/h6-10,19,21-24H,11-18H2,1-5H3,(H,33,34)/t19-,21?,22+,23?,24+/m1/s1. The van der Waals surface area contributed by atoms with Crippen LogP contribution in [0.15, 0.2) is 30.3 Å². The van der Waals surface area contributed by atoms with Gasteiger partial charge in [0, 0.05) is 24.7 Å². The van der Waals surface area contributed by atoms with Crippen molar-refractivity contribution in [2.45, 2.75) is 90.1 Å². The van der Waals surface area contributed by atoms with Gasteiger partial charge in [-0.3, -0.25) is 14.6 Å². The highest BCUT2D eigenvalue weighted by molar-refractivity contribution is 5.86. The van der Waals surface area contributed by atoms with Crippen LogP contribution in [-0.2, 0) is 11.3 Å². The second-order valence-corrected chi connectivity index (χ2v) is 11.3. The highest BCUT2D eigenvalue weighted by Gasteiger charge is 2.46. The Morgan fingerprint density at radius 2 is 1.74 bits per heavy atom. The molecule has 0 aromatic heterocycles. The number of alkyl halides is 1. The van der Waals surface area contributed by atoms with Gasteiger partial charge in [-0.15, -0.1) is 0 Å². The Bertz CT molecular complexity index is 820. The molecule has 6 nitrogen and oxygen atoms in total. The van der Waals surface area contributed by atoms with Crippen LogP contribution in [0.25, 0.3) is 0 Å². The highest BCUT2D eigenvalue weighted by Crippen LogP contribution is 2.37. The van der Waals surface area contributed by atoms with Crippen molar-refractivity contribution in [3.05, 3.63) is 35.9 Å². The number of rotatable bonds is 7. The van der Waals surface area contributed by atoms with Crippen LogP contribution < -0.4 is 0 Å². The Kier molecular flexibility index (Phi) is 8.61. The largest absolute Gasteiger partial charge is 0.465 e. The summed E-state index contributed by atoms with van der Waals surface area (Å²) in [6, 6.07) is 10.1. The minimum atomic E-state index is -1.09. The van der Waals surface area contributed by atoms with E-state index in [9.17, 15) is 19.1 Å². The van der Waals surface area contributed by atoms with Crippen LogP contribution in [0.2, 0.25) is 0 Å². The number of amides is 2. The van der Waals surface area contributed by atoms with Crippen LogP contribution in [0.5, 0.6) is 0 Å². The van der Waals surface area contributed by atoms with Gasteiger partial charge in [-0.1, -0.05) is 37.3 Å². The smallest absolute Gasteiger partial charge is 0.408 e. The fourth-order valence-electron chi connectivity index (χ4n) is 5.82. The Labute approximate surface area is 204 Å². The molecule has 7 heteroatoms. The summed E-state index contributed by atoms with van der Waals surface area (Å²) in [6.07, 6.45) is 2.18. The SMILES string of the molecule is C[C@H](C1CCC(N(C)Cc2ccccc2)CC1)[C@@H](C(=O)N1CC[C@H](F)C1)N(C(=O)O)C(C)(C)C. The Hall–Kier alpha value is -2.15. The van der Waals surface area contributed by atoms with Crippen molar-refractivity contribution < 1.29 is 19.1 Å². The van der Waals surface area contributed by atoms with Crippen molar-refractivity contribution in [1.29, 1.82) is 0 Å². The lowest BCUT2D eigenvalue weighted by Gasteiger charge is -2.46. The van der Waals surface area contributed by atoms with E-state index >= 15 is 0 Å². The van der Waals surface area contributed by atoms with Gasteiger partial charge >= 0.3 is 6.09 Å². The minimum absolute atomic E-state index is 0.0661. The molecular weight excluding hydrogens is 433 g/mol. The van der Waals surface area contributed by atoms with E-state index in [0.29, 0.717) is 19.0 Å². The zero-order chi connectivity index (χ0) is 25.0. The van der Waals surface area contributed by atoms with Gasteiger partial charge in [-0.05, 0) is 77.3 Å². The van der Waals surface area contributed by atoms with Gasteiger partial charge in [0.15, 0.2) is 0 Å². The van der Waals surface area contributed by atoms with E-state index in [0.717, 1.165) is 32.2 Å². The molecule has 3 atom stereocenters. The first-order valence-electron chi connectivity index (χ1n) is 12.7. The molecule has 190 valence electrons. The lowest BCUT2D eigenvalue weighted by atomic mass is 9.74. The van der Waals surface area contributed by atoms with Gasteiger partial charge in [-0.2, -0.15) is 0 Å². The van der Waals surface area contributed by atoms with Gasteiger partial charge in [0.25, 0.3) is 0 Å². The van der Waals surface area contributed by atoms with E-state index in [1.807, 2.05) is 33.8 Å². The van der Waals surface area contributed by atoms with Crippen molar-refractivity contribution in [3.63, 3.8) is 0 Å². The van der Waals surface area contributed by atoms with E-state index in [-0.39, 0.29) is 24.3 Å². The third-order valence-corrected chi connectivity index (χ3v) is 7.78. The minimum Gasteiger partial charge on any atom is -0.465 e. The predicted molar refractivity (Wildman–Crippen MR) is 132 cm³/mol. The van der Waals surface area contributed by atoms with E-state index in [2.05, 4.69) is 36.2 Å². The lowest BCUT2D eigenvalue weighted by Crippen LogP contribution is -2.60. The predicted octanol–water partition coefficient (Wildman–Crippen LogP) is 5.03. The first-order chi connectivity index (χ1) is 16.0. The quantitative estimate of drug-likeness (QED) is 0.601. The maximum atomic E-state index is 13.9. The normalized spacial score (nSPS) is 25.3. The third-order valence-electron chi connectivity index (χ3n) is 7.78. The van der Waals surface area contributed by atoms with Gasteiger partial charge in [0.1, 0.15) is 12.2 Å². The Balaban J connectivity index is 1.71. The molecule has 34 heavy (non-hydrogen) atoms. The molecule has 2 aliphatic rings. The monoisotopic (exact) mass is 475 g/mol. The number of carboxylic acid groups (broad SMARTS) is 1. The van der Waals surface area contributed by atoms with Crippen molar-refractivity contribution >= 4 is 12.0 Å². The molecule has 2 fully saturated rings. The number of nitrogens with zero attached hydrogens (tertiary/aromatic N) is 3. The van der Waals surface area contributed by atoms with Crippen molar-refractivity contribution in [2.24, 2.45) is 11.8 Å². The molecule has 1 heterocycles. The van der Waals surface area contributed by atoms with Crippen LogP contribution in [0.1, 0.15) is 65.4 Å². The second-order valence-electron chi connectivity index (χ2n) is 11.3. The molecule has 1 N–H and O–H groups in total. The first-order valence-corrected chi connectivity index (χ1v) is 12.7. The summed E-state index contributed by atoms with van der Waals surface area (Å²) in [7, 11) is 2.17. The number of carbonyl (C=O) groups is 2. The Morgan fingerprint density at radius 1 is 1.12 bits per heavy atom. The molecule has 0 radical (unpaired) electrons. The molecule has 2 amide bonds. The summed E-state index contributed by atoms with van der Waals surface area (Å²) in [5.74, 6) is -0.126. The summed E-state index contributed by atoms with van der Waals surface area (Å²) in [6.45, 7) is 8.83. The number of hydrogen-bond acceptors (Lipinski definition) is 3. The fourth-order valence-corrected chi connectivity index (χ4v) is 5.82. The molecule has 0 bridgehead atoms. The van der Waals surface area contributed by atoms with Gasteiger partial charge in [0.2, 0.25) is 5.91 Å². The van der Waals surface area contributed by atoms with Crippen molar-refractivity contribution in [1.82, 2.24) is 14.7 Å². The van der Waals surface area contributed by atoms with Crippen LogP contribution >= 0.6 is 0 Å². The Morgan fingerprint density at radius 3 is 2.24 bits per heavy atom. The molecule has 1 aliphatic carbocycles. The zero-order valence-corrected chi connectivity index (χ0v) is 21.4. The lowest BCUT2D eigenvalue weighted by molar-refractivity contribution is -0.140. The summed E-state index contributed by atoms with van der Waals surface area (Å²) in [4.78, 5) is 31.2. The number of halogens is 1. The van der Waals surface area contributed by atoms with E-state index in [1.54, 1.807) is 0 Å². The average Bonchev–Trinajstić information content (AvgIpc) is 3.22. The van der Waals surface area contributed by atoms with Crippen LogP contribution in [-0.4, -0.2) is 75.7 Å². The number of hydrogen-bond donors (Lipinski definition) is 1. The molecule has 3 rings (SSSR count). The third kappa shape index (κ3) is 6.29. The maximum Gasteiger partial charge on any atom is 0.408 e. The molecule has 1 aromatic rings. The van der Waals surface area contributed by atoms with E-state index in [4.69, 9.17) is 0 Å². The van der Waals surface area contributed by atoms with Crippen LogP contribution in [0.4, 0.5) is 9.18 Å². The summed E-state index contributed by atoms with van der Waals surface area (Å²) < 4.78 is 13.9. The molecule has 1 saturated heterocycles. The zero-order valence-electron chi connectivity index (χ0n) is 21.4. The number of benzene rings is 1. The fraction of sp³-hybridized carbons (Fsp3) is 0.704. The molecule has 0 unspecified atom stereocenters. The molecule has 1 aromatic carbocycles. The summed E-state index contributed by atoms with van der Waals surface area (Å²) >= 11 is 0. The topological polar surface area (TPSA) is 64.1 Å². The molecular formula is C27H42FN3O3. The summed E-state index contributed by atoms with van der Waals surface area (Å²) in [5.41, 5.74) is 0.563. The van der Waals surface area contributed by atoms with E-state index in [1.165, 1.54) is 15.4 Å². The van der Waals surface area contributed by atoms with Crippen molar-refractivity contribution in [3.8, 4) is 0 Å².